The number of nitrogens with one attached hydrogen (secondary N) is 2. The first kappa shape index (κ1) is 14.1. The lowest BCUT2D eigenvalue weighted by atomic mass is 9.86. The number of nitrogens with zero attached hydrogens (tertiary/aromatic N) is 2. The topological polar surface area (TPSA) is 62.7 Å². The Balaban J connectivity index is 1.93. The van der Waals surface area contributed by atoms with Gasteiger partial charge in [-0.25, -0.2) is 0 Å². The van der Waals surface area contributed by atoms with Crippen molar-refractivity contribution in [2.45, 2.75) is 32.1 Å². The van der Waals surface area contributed by atoms with Crippen LogP contribution >= 0.6 is 0 Å². The average Bonchev–Trinajstić information content (AvgIpc) is 3.08. The molecular formula is C18H20N4O. The van der Waals surface area contributed by atoms with E-state index in [9.17, 15) is 4.79 Å². The van der Waals surface area contributed by atoms with E-state index in [2.05, 4.69) is 59.2 Å². The van der Waals surface area contributed by atoms with Crippen LogP contribution in [-0.4, -0.2) is 20.7 Å². The Hall–Kier alpha value is -2.56. The van der Waals surface area contributed by atoms with Gasteiger partial charge in [-0.3, -0.25) is 9.89 Å². The molecule has 0 saturated carbocycles. The Bertz CT molecular complexity index is 903. The molecule has 0 saturated heterocycles. The number of amides is 1. The third kappa shape index (κ3) is 2.07. The number of rotatable bonds is 2. The molecular weight excluding hydrogens is 288 g/mol. The molecule has 23 heavy (non-hydrogen) atoms. The molecule has 0 spiro atoms. The zero-order valence-corrected chi connectivity index (χ0v) is 13.6. The van der Waals surface area contributed by atoms with Crippen LogP contribution in [0.3, 0.4) is 0 Å². The highest BCUT2D eigenvalue weighted by atomic mass is 16.1. The van der Waals surface area contributed by atoms with Gasteiger partial charge in [0, 0.05) is 41.9 Å². The number of anilines is 1. The van der Waals surface area contributed by atoms with Crippen molar-refractivity contribution in [3.63, 3.8) is 0 Å². The Morgan fingerprint density at radius 1 is 1.30 bits per heavy atom. The van der Waals surface area contributed by atoms with Crippen molar-refractivity contribution in [2.24, 2.45) is 7.05 Å². The Labute approximate surface area is 134 Å². The van der Waals surface area contributed by atoms with Crippen LogP contribution in [-0.2, 0) is 11.8 Å². The van der Waals surface area contributed by atoms with Gasteiger partial charge < -0.3 is 9.88 Å². The first-order chi connectivity index (χ1) is 11.1. The number of aromatic amines is 1. The van der Waals surface area contributed by atoms with E-state index in [4.69, 9.17) is 0 Å². The molecule has 1 unspecified atom stereocenters. The van der Waals surface area contributed by atoms with E-state index in [0.717, 1.165) is 17.0 Å². The molecule has 0 aliphatic carbocycles. The summed E-state index contributed by atoms with van der Waals surface area (Å²) in [6, 6.07) is 10.5. The van der Waals surface area contributed by atoms with Crippen molar-refractivity contribution in [3.05, 3.63) is 47.3 Å². The first-order valence-electron chi connectivity index (χ1n) is 7.98. The third-order valence-electron chi connectivity index (χ3n) is 4.75. The van der Waals surface area contributed by atoms with Crippen molar-refractivity contribution in [1.82, 2.24) is 14.8 Å². The van der Waals surface area contributed by atoms with Gasteiger partial charge in [-0.2, -0.15) is 5.10 Å². The molecule has 3 heterocycles. The van der Waals surface area contributed by atoms with E-state index < -0.39 is 0 Å². The van der Waals surface area contributed by atoms with Gasteiger partial charge in [0.25, 0.3) is 0 Å². The number of fused-ring (bicyclic) bond motifs is 2. The van der Waals surface area contributed by atoms with Gasteiger partial charge in [0.15, 0.2) is 5.82 Å². The molecule has 5 heteroatoms. The zero-order valence-electron chi connectivity index (χ0n) is 13.6. The molecule has 3 aromatic rings. The molecule has 1 aliphatic heterocycles. The van der Waals surface area contributed by atoms with Crippen LogP contribution in [0.25, 0.3) is 10.9 Å². The second kappa shape index (κ2) is 4.98. The SMILES string of the molecule is CC(C)c1[nH]nc2c1C(c1cc3ccccc3n1C)CC(=O)N2. The summed E-state index contributed by atoms with van der Waals surface area (Å²) in [6.45, 7) is 4.28. The van der Waals surface area contributed by atoms with Crippen LogP contribution in [0.15, 0.2) is 30.3 Å². The minimum absolute atomic E-state index is 0.0227. The van der Waals surface area contributed by atoms with Gasteiger partial charge in [-0.15, -0.1) is 0 Å². The van der Waals surface area contributed by atoms with Gasteiger partial charge in [0.2, 0.25) is 5.91 Å². The number of hydrogen-bond acceptors (Lipinski definition) is 2. The van der Waals surface area contributed by atoms with E-state index in [-0.39, 0.29) is 11.8 Å². The highest BCUT2D eigenvalue weighted by Crippen LogP contribution is 2.41. The number of carbonyl (C=O) groups is 1. The van der Waals surface area contributed by atoms with E-state index in [1.54, 1.807) is 0 Å². The number of aromatic nitrogens is 3. The minimum Gasteiger partial charge on any atom is -0.347 e. The Morgan fingerprint density at radius 2 is 2.09 bits per heavy atom. The van der Waals surface area contributed by atoms with Crippen molar-refractivity contribution >= 4 is 22.6 Å². The molecule has 1 atom stereocenters. The molecule has 0 bridgehead atoms. The molecule has 0 fully saturated rings. The lowest BCUT2D eigenvalue weighted by molar-refractivity contribution is -0.116. The van der Waals surface area contributed by atoms with Crippen LogP contribution in [0.4, 0.5) is 5.82 Å². The van der Waals surface area contributed by atoms with Crippen molar-refractivity contribution in [3.8, 4) is 0 Å². The maximum Gasteiger partial charge on any atom is 0.226 e. The molecule has 4 rings (SSSR count). The second-order valence-corrected chi connectivity index (χ2v) is 6.55. The van der Waals surface area contributed by atoms with Crippen LogP contribution in [0, 0.1) is 0 Å². The summed E-state index contributed by atoms with van der Waals surface area (Å²) in [6.07, 6.45) is 0.455. The number of benzene rings is 1. The monoisotopic (exact) mass is 308 g/mol. The fraction of sp³-hybridized carbons (Fsp3) is 0.333. The highest BCUT2D eigenvalue weighted by molar-refractivity contribution is 5.95. The molecule has 1 aliphatic rings. The van der Waals surface area contributed by atoms with Crippen molar-refractivity contribution < 1.29 is 4.79 Å². The van der Waals surface area contributed by atoms with Gasteiger partial charge in [-0.05, 0) is 23.4 Å². The Morgan fingerprint density at radius 3 is 2.83 bits per heavy atom. The van der Waals surface area contributed by atoms with Gasteiger partial charge in [-0.1, -0.05) is 32.0 Å². The maximum atomic E-state index is 12.1. The molecule has 2 aromatic heterocycles. The fourth-order valence-electron chi connectivity index (χ4n) is 3.62. The Kier molecular flexibility index (Phi) is 3.04. The van der Waals surface area contributed by atoms with Gasteiger partial charge in [0.1, 0.15) is 0 Å². The second-order valence-electron chi connectivity index (χ2n) is 6.55. The maximum absolute atomic E-state index is 12.1. The smallest absolute Gasteiger partial charge is 0.226 e. The number of H-pyrrole nitrogens is 1. The largest absolute Gasteiger partial charge is 0.347 e. The summed E-state index contributed by atoms with van der Waals surface area (Å²) in [5.41, 5.74) is 4.58. The summed E-state index contributed by atoms with van der Waals surface area (Å²) < 4.78 is 2.19. The van der Waals surface area contributed by atoms with E-state index in [1.807, 2.05) is 12.1 Å². The van der Waals surface area contributed by atoms with Crippen LogP contribution < -0.4 is 5.32 Å². The predicted octanol–water partition coefficient (Wildman–Crippen LogP) is 3.50. The highest BCUT2D eigenvalue weighted by Gasteiger charge is 2.33. The van der Waals surface area contributed by atoms with Crippen molar-refractivity contribution in [1.29, 1.82) is 0 Å². The number of aryl methyl sites for hydroxylation is 1. The first-order valence-corrected chi connectivity index (χ1v) is 7.98. The standard InChI is InChI=1S/C18H20N4O/c1-10(2)17-16-12(9-15(23)19-18(16)21-20-17)14-8-11-6-4-5-7-13(11)22(14)3/h4-8,10,12H,9H2,1-3H3,(H2,19,20,21,23). The summed E-state index contributed by atoms with van der Waals surface area (Å²) in [7, 11) is 2.07. The fourth-order valence-corrected chi connectivity index (χ4v) is 3.62. The molecule has 118 valence electrons. The zero-order chi connectivity index (χ0) is 16.1. The molecule has 1 aromatic carbocycles. The lowest BCUT2D eigenvalue weighted by Crippen LogP contribution is -2.25. The average molecular weight is 308 g/mol. The summed E-state index contributed by atoms with van der Waals surface area (Å²) in [4.78, 5) is 12.1. The van der Waals surface area contributed by atoms with Crippen molar-refractivity contribution in [2.75, 3.05) is 5.32 Å². The summed E-state index contributed by atoms with van der Waals surface area (Å²) >= 11 is 0. The van der Waals surface area contributed by atoms with Crippen LogP contribution in [0.5, 0.6) is 0 Å². The molecule has 1 amide bonds. The van der Waals surface area contributed by atoms with Gasteiger partial charge in [0.05, 0.1) is 0 Å². The number of hydrogen-bond donors (Lipinski definition) is 2. The molecule has 2 N–H and O–H groups in total. The number of carbonyl (C=O) groups excluding carboxylic acids is 1. The normalized spacial score (nSPS) is 17.6. The molecule has 0 radical (unpaired) electrons. The minimum atomic E-state index is 0.0227. The third-order valence-corrected chi connectivity index (χ3v) is 4.75. The predicted molar refractivity (Wildman–Crippen MR) is 90.7 cm³/mol. The van der Waals surface area contributed by atoms with E-state index >= 15 is 0 Å². The number of para-hydroxylation sites is 1. The quantitative estimate of drug-likeness (QED) is 0.761. The molecule has 5 nitrogen and oxygen atoms in total. The van der Waals surface area contributed by atoms with E-state index in [0.29, 0.717) is 18.2 Å². The van der Waals surface area contributed by atoms with Crippen LogP contribution in [0.1, 0.15) is 49.1 Å². The van der Waals surface area contributed by atoms with Gasteiger partial charge >= 0.3 is 0 Å². The lowest BCUT2D eigenvalue weighted by Gasteiger charge is -2.24. The van der Waals surface area contributed by atoms with E-state index in [1.165, 1.54) is 10.9 Å². The summed E-state index contributed by atoms with van der Waals surface area (Å²) in [5, 5.41) is 11.5. The van der Waals surface area contributed by atoms with Crippen LogP contribution in [0.2, 0.25) is 0 Å². The summed E-state index contributed by atoms with van der Waals surface area (Å²) in [5.74, 6) is 1.07.